The summed E-state index contributed by atoms with van der Waals surface area (Å²) in [5.74, 6) is 0.723. The van der Waals surface area contributed by atoms with Gasteiger partial charge in [0, 0.05) is 11.4 Å². The van der Waals surface area contributed by atoms with E-state index in [0.717, 1.165) is 5.56 Å². The molecule has 1 atom stereocenters. The Bertz CT molecular complexity index is 516. The van der Waals surface area contributed by atoms with E-state index in [1.165, 1.54) is 0 Å². The average molecular weight is 268 g/mol. The topological polar surface area (TPSA) is 85.2 Å². The lowest BCUT2D eigenvalue weighted by Gasteiger charge is -2.01. The van der Waals surface area contributed by atoms with Crippen molar-refractivity contribution in [3.05, 3.63) is 46.6 Å². The minimum atomic E-state index is -0.796. The van der Waals surface area contributed by atoms with Crippen molar-refractivity contribution in [2.45, 2.75) is 18.9 Å². The minimum absolute atomic E-state index is 0.206. The van der Waals surface area contributed by atoms with Crippen molar-refractivity contribution in [1.82, 2.24) is 10.1 Å². The molecule has 0 saturated heterocycles. The van der Waals surface area contributed by atoms with E-state index >= 15 is 0 Å². The number of nitrogens with two attached hydrogens (primary N) is 1. The van der Waals surface area contributed by atoms with Gasteiger partial charge in [0.25, 0.3) is 5.89 Å². The number of aliphatic hydroxyl groups excluding tert-OH is 1. The van der Waals surface area contributed by atoms with Crippen molar-refractivity contribution in [1.29, 1.82) is 0 Å². The van der Waals surface area contributed by atoms with Crippen LogP contribution in [-0.4, -0.2) is 21.8 Å². The second kappa shape index (κ2) is 5.95. The zero-order valence-electron chi connectivity index (χ0n) is 9.71. The Morgan fingerprint density at radius 1 is 1.44 bits per heavy atom. The molecule has 1 unspecified atom stereocenters. The van der Waals surface area contributed by atoms with Crippen LogP contribution in [0, 0.1) is 0 Å². The molecule has 0 bridgehead atoms. The van der Waals surface area contributed by atoms with Gasteiger partial charge >= 0.3 is 0 Å². The molecule has 5 nitrogen and oxygen atoms in total. The van der Waals surface area contributed by atoms with E-state index in [2.05, 4.69) is 10.1 Å². The molecule has 1 heterocycles. The Morgan fingerprint density at radius 3 is 3.00 bits per heavy atom. The lowest BCUT2D eigenvalue weighted by atomic mass is 10.1. The highest BCUT2D eigenvalue weighted by atomic mass is 35.5. The number of aliphatic hydroxyl groups is 1. The van der Waals surface area contributed by atoms with Crippen molar-refractivity contribution in [2.75, 3.05) is 6.54 Å². The van der Waals surface area contributed by atoms with E-state index in [9.17, 15) is 5.11 Å². The third-order valence-electron chi connectivity index (χ3n) is 2.46. The van der Waals surface area contributed by atoms with E-state index in [0.29, 0.717) is 30.2 Å². The van der Waals surface area contributed by atoms with E-state index < -0.39 is 6.10 Å². The van der Waals surface area contributed by atoms with E-state index in [4.69, 9.17) is 21.9 Å². The van der Waals surface area contributed by atoms with Gasteiger partial charge in [-0.2, -0.15) is 4.98 Å². The van der Waals surface area contributed by atoms with E-state index in [1.54, 1.807) is 6.07 Å². The van der Waals surface area contributed by atoms with E-state index in [1.807, 2.05) is 18.2 Å². The van der Waals surface area contributed by atoms with Crippen LogP contribution >= 0.6 is 11.6 Å². The molecule has 18 heavy (non-hydrogen) atoms. The molecule has 0 radical (unpaired) electrons. The summed E-state index contributed by atoms with van der Waals surface area (Å²) < 4.78 is 4.98. The molecular weight excluding hydrogens is 254 g/mol. The third kappa shape index (κ3) is 3.29. The van der Waals surface area contributed by atoms with Crippen LogP contribution in [0.25, 0.3) is 0 Å². The summed E-state index contributed by atoms with van der Waals surface area (Å²) in [5, 5.41) is 14.1. The van der Waals surface area contributed by atoms with Crippen LogP contribution in [0.4, 0.5) is 0 Å². The van der Waals surface area contributed by atoms with Crippen molar-refractivity contribution >= 4 is 11.6 Å². The van der Waals surface area contributed by atoms with Gasteiger partial charge in [-0.1, -0.05) is 28.9 Å². The number of hydrogen-bond donors (Lipinski definition) is 2. The van der Waals surface area contributed by atoms with Crippen molar-refractivity contribution < 1.29 is 9.63 Å². The number of benzene rings is 1. The van der Waals surface area contributed by atoms with E-state index in [-0.39, 0.29) is 5.89 Å². The van der Waals surface area contributed by atoms with Gasteiger partial charge < -0.3 is 15.4 Å². The second-order valence-corrected chi connectivity index (χ2v) is 4.39. The molecular formula is C12H14ClN3O2. The first-order valence-electron chi connectivity index (χ1n) is 5.64. The Morgan fingerprint density at radius 2 is 2.28 bits per heavy atom. The second-order valence-electron chi connectivity index (χ2n) is 3.95. The molecule has 2 rings (SSSR count). The van der Waals surface area contributed by atoms with Crippen LogP contribution in [0.5, 0.6) is 0 Å². The Labute approximate surface area is 110 Å². The normalized spacial score (nSPS) is 12.6. The zero-order chi connectivity index (χ0) is 13.0. The van der Waals surface area contributed by atoms with Crippen LogP contribution in [-0.2, 0) is 6.42 Å². The van der Waals surface area contributed by atoms with Crippen LogP contribution in [0.2, 0.25) is 5.02 Å². The molecule has 0 aliphatic rings. The summed E-state index contributed by atoms with van der Waals surface area (Å²) in [6, 6.07) is 7.44. The van der Waals surface area contributed by atoms with Crippen molar-refractivity contribution in [2.24, 2.45) is 5.73 Å². The fourth-order valence-corrected chi connectivity index (χ4v) is 1.80. The molecule has 96 valence electrons. The molecule has 6 heteroatoms. The van der Waals surface area contributed by atoms with Crippen LogP contribution in [0.3, 0.4) is 0 Å². The summed E-state index contributed by atoms with van der Waals surface area (Å²) in [5.41, 5.74) is 6.34. The molecule has 0 spiro atoms. The fraction of sp³-hybridized carbons (Fsp3) is 0.333. The monoisotopic (exact) mass is 267 g/mol. The molecule has 1 aromatic carbocycles. The SMILES string of the molecule is NCCC(O)c1nc(Cc2cccc(Cl)c2)no1. The molecule has 2 aromatic rings. The Balaban J connectivity index is 2.06. The minimum Gasteiger partial charge on any atom is -0.383 e. The number of halogens is 1. The molecule has 0 fully saturated rings. The van der Waals surface area contributed by atoms with Crippen LogP contribution in [0.15, 0.2) is 28.8 Å². The van der Waals surface area contributed by atoms with Gasteiger partial charge in [0.15, 0.2) is 5.82 Å². The quantitative estimate of drug-likeness (QED) is 0.861. The van der Waals surface area contributed by atoms with Gasteiger partial charge in [-0.05, 0) is 30.7 Å². The summed E-state index contributed by atoms with van der Waals surface area (Å²) in [4.78, 5) is 4.13. The molecule has 1 aromatic heterocycles. The lowest BCUT2D eigenvalue weighted by molar-refractivity contribution is 0.127. The Hall–Kier alpha value is -1.43. The van der Waals surface area contributed by atoms with Gasteiger partial charge in [-0.15, -0.1) is 0 Å². The average Bonchev–Trinajstić information content (AvgIpc) is 2.78. The first-order valence-corrected chi connectivity index (χ1v) is 6.02. The molecule has 0 saturated carbocycles. The number of rotatable bonds is 5. The molecule has 0 amide bonds. The first kappa shape index (κ1) is 13.0. The van der Waals surface area contributed by atoms with Crippen molar-refractivity contribution in [3.8, 4) is 0 Å². The summed E-state index contributed by atoms with van der Waals surface area (Å²) >= 11 is 5.89. The lowest BCUT2D eigenvalue weighted by Crippen LogP contribution is -2.07. The first-order chi connectivity index (χ1) is 8.69. The number of aromatic nitrogens is 2. The maximum absolute atomic E-state index is 9.65. The van der Waals surface area contributed by atoms with Gasteiger partial charge in [-0.25, -0.2) is 0 Å². The summed E-state index contributed by atoms with van der Waals surface area (Å²) in [6.07, 6.45) is 0.119. The largest absolute Gasteiger partial charge is 0.383 e. The fourth-order valence-electron chi connectivity index (χ4n) is 1.59. The van der Waals surface area contributed by atoms with Crippen molar-refractivity contribution in [3.63, 3.8) is 0 Å². The predicted molar refractivity (Wildman–Crippen MR) is 67.2 cm³/mol. The predicted octanol–water partition coefficient (Wildman–Crippen LogP) is 1.70. The molecule has 0 aliphatic heterocycles. The highest BCUT2D eigenvalue weighted by Gasteiger charge is 2.15. The van der Waals surface area contributed by atoms with Crippen LogP contribution < -0.4 is 5.73 Å². The van der Waals surface area contributed by atoms with Gasteiger partial charge in [-0.3, -0.25) is 0 Å². The van der Waals surface area contributed by atoms with Crippen LogP contribution in [0.1, 0.15) is 29.8 Å². The van der Waals surface area contributed by atoms with Gasteiger partial charge in [0.1, 0.15) is 6.10 Å². The van der Waals surface area contributed by atoms with Gasteiger partial charge in [0.2, 0.25) is 0 Å². The highest BCUT2D eigenvalue weighted by molar-refractivity contribution is 6.30. The molecule has 0 aliphatic carbocycles. The number of hydrogen-bond acceptors (Lipinski definition) is 5. The summed E-state index contributed by atoms with van der Waals surface area (Å²) in [6.45, 7) is 0.368. The standard InChI is InChI=1S/C12H14ClN3O2/c13-9-3-1-2-8(6-9)7-11-15-12(18-16-11)10(17)4-5-14/h1-3,6,10,17H,4-5,7,14H2. The highest BCUT2D eigenvalue weighted by Crippen LogP contribution is 2.16. The Kier molecular flexibility index (Phi) is 4.30. The smallest absolute Gasteiger partial charge is 0.255 e. The summed E-state index contributed by atoms with van der Waals surface area (Å²) in [7, 11) is 0. The zero-order valence-corrected chi connectivity index (χ0v) is 10.5. The molecule has 3 N–H and O–H groups in total. The maximum Gasteiger partial charge on any atom is 0.255 e. The maximum atomic E-state index is 9.65. The van der Waals surface area contributed by atoms with Gasteiger partial charge in [0.05, 0.1) is 0 Å². The third-order valence-corrected chi connectivity index (χ3v) is 2.70. The number of nitrogens with zero attached hydrogens (tertiary/aromatic N) is 2.